The molecule has 0 aromatic heterocycles. The first kappa shape index (κ1) is 11.7. The first-order valence-electron chi connectivity index (χ1n) is 4.81. The maximum Gasteiger partial charge on any atom is 0.132 e. The Labute approximate surface area is 89.0 Å². The molecule has 0 aliphatic heterocycles. The molecule has 2 nitrogen and oxygen atoms in total. The van der Waals surface area contributed by atoms with Gasteiger partial charge in [0.2, 0.25) is 0 Å². The van der Waals surface area contributed by atoms with E-state index in [9.17, 15) is 9.50 Å². The summed E-state index contributed by atoms with van der Waals surface area (Å²) in [6, 6.07) is 4.42. The summed E-state index contributed by atoms with van der Waals surface area (Å²) in [6.07, 6.45) is 0.651. The number of halogens is 1. The van der Waals surface area contributed by atoms with Crippen molar-refractivity contribution in [3.63, 3.8) is 0 Å². The fourth-order valence-electron chi connectivity index (χ4n) is 1.18. The summed E-state index contributed by atoms with van der Waals surface area (Å²) in [6.45, 7) is 6.90. The van der Waals surface area contributed by atoms with Gasteiger partial charge < -0.3 is 9.84 Å². The lowest BCUT2D eigenvalue weighted by molar-refractivity contribution is 0.193. The van der Waals surface area contributed by atoms with Crippen molar-refractivity contribution in [3.8, 4) is 5.75 Å². The average Bonchev–Trinajstić information content (AvgIpc) is 2.17. The Bertz CT molecular complexity index is 347. The number of hydrogen-bond acceptors (Lipinski definition) is 2. The Morgan fingerprint density at radius 1 is 1.47 bits per heavy atom. The molecule has 0 amide bonds. The lowest BCUT2D eigenvalue weighted by Crippen LogP contribution is -2.08. The fourth-order valence-corrected chi connectivity index (χ4v) is 1.18. The quantitative estimate of drug-likeness (QED) is 0.774. The highest BCUT2D eigenvalue weighted by Crippen LogP contribution is 2.22. The normalized spacial score (nSPS) is 14.4. The van der Waals surface area contributed by atoms with Crippen LogP contribution in [-0.2, 0) is 0 Å². The minimum Gasteiger partial charge on any atom is -0.487 e. The molecular formula is C12H15FO2. The molecule has 15 heavy (non-hydrogen) atoms. The largest absolute Gasteiger partial charge is 0.487 e. The first-order chi connectivity index (χ1) is 7.04. The van der Waals surface area contributed by atoms with E-state index in [1.165, 1.54) is 19.1 Å². The van der Waals surface area contributed by atoms with Crippen LogP contribution in [0.15, 0.2) is 30.9 Å². The molecule has 1 aromatic rings. The molecule has 82 valence electrons. The minimum atomic E-state index is -0.809. The summed E-state index contributed by atoms with van der Waals surface area (Å²) >= 11 is 0. The van der Waals surface area contributed by atoms with Crippen LogP contribution in [-0.4, -0.2) is 11.2 Å². The van der Waals surface area contributed by atoms with E-state index < -0.39 is 11.9 Å². The first-order valence-corrected chi connectivity index (χ1v) is 4.81. The van der Waals surface area contributed by atoms with E-state index in [4.69, 9.17) is 4.74 Å². The summed E-state index contributed by atoms with van der Waals surface area (Å²) in [7, 11) is 0. The van der Waals surface area contributed by atoms with Crippen molar-refractivity contribution in [2.75, 3.05) is 0 Å². The number of aliphatic hydroxyl groups is 1. The van der Waals surface area contributed by atoms with E-state index in [1.807, 2.05) is 6.92 Å². The topological polar surface area (TPSA) is 29.5 Å². The lowest BCUT2D eigenvalue weighted by Gasteiger charge is -2.12. The zero-order chi connectivity index (χ0) is 11.4. The van der Waals surface area contributed by atoms with E-state index in [0.29, 0.717) is 5.75 Å². The van der Waals surface area contributed by atoms with Crippen LogP contribution in [0.5, 0.6) is 5.75 Å². The van der Waals surface area contributed by atoms with Crippen molar-refractivity contribution in [2.45, 2.75) is 26.1 Å². The van der Waals surface area contributed by atoms with Crippen LogP contribution >= 0.6 is 0 Å². The van der Waals surface area contributed by atoms with Crippen LogP contribution in [0.1, 0.15) is 25.5 Å². The van der Waals surface area contributed by atoms with Gasteiger partial charge in [-0.15, -0.1) is 0 Å². The molecule has 0 heterocycles. The Morgan fingerprint density at radius 3 is 2.60 bits per heavy atom. The molecule has 1 N–H and O–H groups in total. The Hall–Kier alpha value is -1.35. The van der Waals surface area contributed by atoms with Gasteiger partial charge in [-0.25, -0.2) is 4.39 Å². The molecule has 1 aromatic carbocycles. The molecular weight excluding hydrogens is 195 g/mol. The molecule has 0 saturated carbocycles. The average molecular weight is 210 g/mol. The summed E-state index contributed by atoms with van der Waals surface area (Å²) in [5, 5.41) is 9.23. The van der Waals surface area contributed by atoms with Crippen molar-refractivity contribution in [1.82, 2.24) is 0 Å². The summed E-state index contributed by atoms with van der Waals surface area (Å²) in [4.78, 5) is 0. The smallest absolute Gasteiger partial charge is 0.132 e. The molecule has 0 bridgehead atoms. The monoisotopic (exact) mass is 210 g/mol. The van der Waals surface area contributed by atoms with Crippen LogP contribution in [0.4, 0.5) is 4.39 Å². The highest BCUT2D eigenvalue weighted by molar-refractivity contribution is 5.30. The third kappa shape index (κ3) is 3.06. The molecule has 0 aliphatic rings. The van der Waals surface area contributed by atoms with E-state index in [2.05, 4.69) is 6.58 Å². The van der Waals surface area contributed by atoms with E-state index in [0.717, 1.165) is 0 Å². The van der Waals surface area contributed by atoms with Gasteiger partial charge in [-0.1, -0.05) is 12.7 Å². The van der Waals surface area contributed by atoms with Gasteiger partial charge in [0.1, 0.15) is 17.7 Å². The van der Waals surface area contributed by atoms with Crippen molar-refractivity contribution < 1.29 is 14.2 Å². The highest BCUT2D eigenvalue weighted by atomic mass is 19.1. The summed E-state index contributed by atoms with van der Waals surface area (Å²) in [5.74, 6) is -0.0249. The molecule has 0 fully saturated rings. The van der Waals surface area contributed by atoms with Crippen LogP contribution in [0.2, 0.25) is 0 Å². The van der Waals surface area contributed by atoms with Crippen LogP contribution in [0, 0.1) is 5.82 Å². The second-order valence-corrected chi connectivity index (χ2v) is 3.42. The summed E-state index contributed by atoms with van der Waals surface area (Å²) in [5.41, 5.74) is 0.272. The van der Waals surface area contributed by atoms with E-state index in [-0.39, 0.29) is 11.7 Å². The number of hydrogen-bond donors (Lipinski definition) is 1. The van der Waals surface area contributed by atoms with E-state index >= 15 is 0 Å². The van der Waals surface area contributed by atoms with Gasteiger partial charge in [-0.05, 0) is 26.0 Å². The van der Waals surface area contributed by atoms with Gasteiger partial charge in [0, 0.05) is 11.6 Å². The molecule has 1 rings (SSSR count). The van der Waals surface area contributed by atoms with Crippen molar-refractivity contribution in [1.29, 1.82) is 0 Å². The summed E-state index contributed by atoms with van der Waals surface area (Å²) < 4.78 is 18.7. The van der Waals surface area contributed by atoms with Gasteiger partial charge >= 0.3 is 0 Å². The Balaban J connectivity index is 2.86. The van der Waals surface area contributed by atoms with Gasteiger partial charge in [0.25, 0.3) is 0 Å². The second-order valence-electron chi connectivity index (χ2n) is 3.42. The standard InChI is InChI=1S/C12H15FO2/c1-4-8(2)15-10-5-6-11(9(3)14)12(13)7-10/h4-9,14H,1H2,2-3H3/t8?,9-/m1/s1. The van der Waals surface area contributed by atoms with Crippen molar-refractivity contribution in [2.24, 2.45) is 0 Å². The number of aliphatic hydroxyl groups excluding tert-OH is 1. The Morgan fingerprint density at radius 2 is 2.13 bits per heavy atom. The molecule has 1 unspecified atom stereocenters. The Kier molecular flexibility index (Phi) is 3.86. The maximum absolute atomic E-state index is 13.4. The van der Waals surface area contributed by atoms with Crippen molar-refractivity contribution >= 4 is 0 Å². The van der Waals surface area contributed by atoms with Crippen LogP contribution < -0.4 is 4.74 Å². The minimum absolute atomic E-state index is 0.165. The fraction of sp³-hybridized carbons (Fsp3) is 0.333. The molecule has 0 saturated heterocycles. The zero-order valence-electron chi connectivity index (χ0n) is 8.90. The SMILES string of the molecule is C=CC(C)Oc1ccc([C@@H](C)O)c(F)c1. The van der Waals surface area contributed by atoms with E-state index in [1.54, 1.807) is 12.1 Å². The predicted molar refractivity (Wildman–Crippen MR) is 57.3 cm³/mol. The molecule has 2 atom stereocenters. The number of benzene rings is 1. The van der Waals surface area contributed by atoms with Gasteiger partial charge in [0.05, 0.1) is 6.10 Å². The third-order valence-corrected chi connectivity index (χ3v) is 2.08. The zero-order valence-corrected chi connectivity index (χ0v) is 8.90. The molecule has 0 radical (unpaired) electrons. The molecule has 0 spiro atoms. The van der Waals surface area contributed by atoms with Gasteiger partial charge in [-0.3, -0.25) is 0 Å². The van der Waals surface area contributed by atoms with Crippen molar-refractivity contribution in [3.05, 3.63) is 42.2 Å². The van der Waals surface area contributed by atoms with Crippen LogP contribution in [0.25, 0.3) is 0 Å². The number of rotatable bonds is 4. The predicted octanol–water partition coefficient (Wildman–Crippen LogP) is 2.83. The highest BCUT2D eigenvalue weighted by Gasteiger charge is 2.09. The van der Waals surface area contributed by atoms with Crippen LogP contribution in [0.3, 0.4) is 0 Å². The molecule has 3 heteroatoms. The number of ether oxygens (including phenoxy) is 1. The second kappa shape index (κ2) is 4.94. The molecule has 0 aliphatic carbocycles. The lowest BCUT2D eigenvalue weighted by atomic mass is 10.1. The van der Waals surface area contributed by atoms with Gasteiger partial charge in [-0.2, -0.15) is 0 Å². The van der Waals surface area contributed by atoms with Gasteiger partial charge in [0.15, 0.2) is 0 Å². The third-order valence-electron chi connectivity index (χ3n) is 2.08. The maximum atomic E-state index is 13.4.